The Morgan fingerprint density at radius 2 is 0.828 bits per heavy atom. The third-order valence-corrected chi connectivity index (χ3v) is 14.9. The lowest BCUT2D eigenvalue weighted by Crippen LogP contribution is -2.55. The summed E-state index contributed by atoms with van der Waals surface area (Å²) in [5, 5.41) is 7.74. The van der Waals surface area contributed by atoms with E-state index < -0.39 is 0 Å². The summed E-state index contributed by atoms with van der Waals surface area (Å²) in [5.41, 5.74) is 13.4. The van der Waals surface area contributed by atoms with Gasteiger partial charge in [-0.15, -0.1) is 0 Å². The average Bonchev–Trinajstić information content (AvgIpc) is 3.58. The summed E-state index contributed by atoms with van der Waals surface area (Å²) in [6.07, 6.45) is 6.91. The van der Waals surface area contributed by atoms with E-state index in [-0.39, 0.29) is 5.41 Å². The predicted octanol–water partition coefficient (Wildman–Crippen LogP) is 15.2. The van der Waals surface area contributed by atoms with Crippen molar-refractivity contribution in [3.8, 4) is 11.1 Å². The quantitative estimate of drug-likeness (QED) is 0.156. The number of nitrogens with zero attached hydrogens (tertiary/aromatic N) is 2. The maximum absolute atomic E-state index is 2.64. The van der Waals surface area contributed by atoms with Crippen LogP contribution in [0.1, 0.15) is 43.2 Å². The third-order valence-electron chi connectivity index (χ3n) is 14.9. The second-order valence-corrected chi connectivity index (χ2v) is 17.7. The second kappa shape index (κ2) is 12.3. The van der Waals surface area contributed by atoms with Crippen molar-refractivity contribution in [2.75, 3.05) is 9.80 Å². The molecule has 0 amide bonds. The minimum atomic E-state index is 0.0417. The van der Waals surface area contributed by atoms with Crippen molar-refractivity contribution in [3.05, 3.63) is 193 Å². The van der Waals surface area contributed by atoms with Crippen LogP contribution in [0.15, 0.2) is 182 Å². The van der Waals surface area contributed by atoms with Crippen LogP contribution < -0.4 is 9.80 Å². The molecule has 4 fully saturated rings. The summed E-state index contributed by atoms with van der Waals surface area (Å²) < 4.78 is 0. The van der Waals surface area contributed by atoms with Gasteiger partial charge in [-0.05, 0) is 154 Å². The van der Waals surface area contributed by atoms with Crippen LogP contribution in [0.5, 0.6) is 0 Å². The van der Waals surface area contributed by atoms with Gasteiger partial charge in [-0.2, -0.15) is 0 Å². The smallest absolute Gasteiger partial charge is 0.0540 e. The number of benzene rings is 9. The maximum atomic E-state index is 2.64. The predicted molar refractivity (Wildman–Crippen MR) is 243 cm³/mol. The van der Waals surface area contributed by atoms with Crippen LogP contribution in [-0.4, -0.2) is 0 Å². The molecule has 9 aromatic rings. The van der Waals surface area contributed by atoms with Gasteiger partial charge in [-0.25, -0.2) is 0 Å². The van der Waals surface area contributed by atoms with Crippen LogP contribution in [0.3, 0.4) is 0 Å². The number of anilines is 6. The fraction of sp³-hybridized carbons (Fsp3) is 0.179. The average molecular weight is 745 g/mol. The van der Waals surface area contributed by atoms with Gasteiger partial charge in [0, 0.05) is 33.2 Å². The number of para-hydroxylation sites is 3. The van der Waals surface area contributed by atoms with Crippen LogP contribution in [-0.2, 0) is 5.41 Å². The Morgan fingerprint density at radius 1 is 0.362 bits per heavy atom. The van der Waals surface area contributed by atoms with Crippen LogP contribution in [0.2, 0.25) is 0 Å². The first-order valence-corrected chi connectivity index (χ1v) is 21.4. The molecule has 0 unspecified atom stereocenters. The lowest BCUT2D eigenvalue weighted by molar-refractivity contribution is -0.0397. The van der Waals surface area contributed by atoms with Crippen molar-refractivity contribution in [2.24, 2.45) is 23.7 Å². The fourth-order valence-electron chi connectivity index (χ4n) is 13.1. The minimum Gasteiger partial charge on any atom is -0.310 e. The molecule has 2 nitrogen and oxygen atoms in total. The molecule has 0 aliphatic heterocycles. The first kappa shape index (κ1) is 32.7. The van der Waals surface area contributed by atoms with Crippen LogP contribution in [0.25, 0.3) is 43.4 Å². The molecular formula is C56H44N2. The number of hydrogen-bond acceptors (Lipinski definition) is 2. The molecule has 278 valence electrons. The van der Waals surface area contributed by atoms with Gasteiger partial charge in [0.1, 0.15) is 0 Å². The van der Waals surface area contributed by atoms with Gasteiger partial charge in [-0.1, -0.05) is 127 Å². The standard InChI is InChI=1S/C56H44N2/c1-4-13-42(14-5-1)57(43-15-6-2-7-16-43)50-29-25-38-24-28-48-51(30-26-39-23-27-47(50)53(38)54(39)48)58(44-17-8-3-9-18-44)52-22-12-20-46-45-19-10-11-21-49(45)56(55(46)52)40-32-36-31-37(34-40)35-41(56)33-36/h1-30,36-37,40-41H,31-35H2. The molecule has 5 aliphatic carbocycles. The lowest BCUT2D eigenvalue weighted by Gasteiger charge is -2.61. The molecule has 58 heavy (non-hydrogen) atoms. The molecule has 9 aromatic carbocycles. The van der Waals surface area contributed by atoms with Crippen LogP contribution in [0.4, 0.5) is 34.1 Å². The molecule has 0 heterocycles. The molecule has 0 saturated heterocycles. The van der Waals surface area contributed by atoms with Gasteiger partial charge in [0.05, 0.1) is 17.1 Å². The van der Waals surface area contributed by atoms with Crippen molar-refractivity contribution in [1.29, 1.82) is 0 Å². The van der Waals surface area contributed by atoms with Gasteiger partial charge < -0.3 is 9.80 Å². The van der Waals surface area contributed by atoms with E-state index in [2.05, 4.69) is 192 Å². The van der Waals surface area contributed by atoms with Gasteiger partial charge in [0.15, 0.2) is 0 Å². The third kappa shape index (κ3) is 4.44. The molecule has 0 N–H and O–H groups in total. The number of fused-ring (bicyclic) bond motifs is 3. The second-order valence-electron chi connectivity index (χ2n) is 17.7. The Morgan fingerprint density at radius 3 is 1.40 bits per heavy atom. The monoisotopic (exact) mass is 744 g/mol. The van der Waals surface area contributed by atoms with Crippen molar-refractivity contribution in [3.63, 3.8) is 0 Å². The van der Waals surface area contributed by atoms with E-state index >= 15 is 0 Å². The van der Waals surface area contributed by atoms with E-state index in [0.717, 1.165) is 23.2 Å². The summed E-state index contributed by atoms with van der Waals surface area (Å²) in [6, 6.07) is 68.5. The summed E-state index contributed by atoms with van der Waals surface area (Å²) in [5.74, 6) is 3.15. The Labute approximate surface area is 340 Å². The normalized spacial score (nSPS) is 22.6. The highest BCUT2D eigenvalue weighted by Crippen LogP contribution is 2.71. The maximum Gasteiger partial charge on any atom is 0.0540 e. The topological polar surface area (TPSA) is 6.48 Å². The first-order chi connectivity index (χ1) is 28.8. The lowest BCUT2D eigenvalue weighted by atomic mass is 9.43. The minimum absolute atomic E-state index is 0.0417. The fourth-order valence-corrected chi connectivity index (χ4v) is 13.1. The summed E-state index contributed by atoms with van der Waals surface area (Å²) >= 11 is 0. The van der Waals surface area contributed by atoms with Crippen molar-refractivity contribution < 1.29 is 0 Å². The molecule has 0 aromatic heterocycles. The van der Waals surface area contributed by atoms with Crippen molar-refractivity contribution in [2.45, 2.75) is 37.5 Å². The summed E-state index contributed by atoms with van der Waals surface area (Å²) in [4.78, 5) is 5.06. The zero-order valence-corrected chi connectivity index (χ0v) is 32.6. The first-order valence-electron chi connectivity index (χ1n) is 21.4. The Kier molecular flexibility index (Phi) is 6.94. The highest BCUT2D eigenvalue weighted by molar-refractivity contribution is 6.28. The zero-order valence-electron chi connectivity index (χ0n) is 32.6. The molecule has 1 spiro atoms. The van der Waals surface area contributed by atoms with Crippen molar-refractivity contribution in [1.82, 2.24) is 0 Å². The van der Waals surface area contributed by atoms with E-state index in [1.165, 1.54) is 98.3 Å². The molecule has 0 radical (unpaired) electrons. The zero-order chi connectivity index (χ0) is 38.0. The van der Waals surface area contributed by atoms with Crippen LogP contribution >= 0.6 is 0 Å². The van der Waals surface area contributed by atoms with Gasteiger partial charge in [0.2, 0.25) is 0 Å². The highest BCUT2D eigenvalue weighted by Gasteiger charge is 2.62. The molecule has 4 bridgehead atoms. The highest BCUT2D eigenvalue weighted by atomic mass is 15.2. The van der Waals surface area contributed by atoms with Gasteiger partial charge in [0.25, 0.3) is 0 Å². The molecule has 2 heteroatoms. The number of hydrogen-bond donors (Lipinski definition) is 0. The SMILES string of the molecule is c1ccc(N(c2ccccc2)c2ccc3ccc4c(N(c5ccccc5)c5cccc6c5C5(c7ccccc7-6)C6CC7CC(C6)CC5C7)ccc5ccc2c3c54)cc1. The van der Waals surface area contributed by atoms with E-state index in [1.54, 1.807) is 11.1 Å². The van der Waals surface area contributed by atoms with E-state index in [4.69, 9.17) is 0 Å². The Bertz CT molecular complexity index is 2960. The van der Waals surface area contributed by atoms with E-state index in [0.29, 0.717) is 11.8 Å². The number of rotatable bonds is 6. The van der Waals surface area contributed by atoms with Gasteiger partial charge in [-0.3, -0.25) is 0 Å². The molecule has 4 saturated carbocycles. The van der Waals surface area contributed by atoms with Crippen molar-refractivity contribution >= 4 is 66.4 Å². The molecular weight excluding hydrogens is 701 g/mol. The van der Waals surface area contributed by atoms with E-state index in [9.17, 15) is 0 Å². The summed E-state index contributed by atoms with van der Waals surface area (Å²) in [7, 11) is 0. The Hall–Kier alpha value is -6.38. The molecule has 5 aliphatic rings. The van der Waals surface area contributed by atoms with E-state index in [1.807, 2.05) is 0 Å². The molecule has 0 atom stereocenters. The van der Waals surface area contributed by atoms with Crippen LogP contribution in [0, 0.1) is 23.7 Å². The largest absolute Gasteiger partial charge is 0.310 e. The Balaban J connectivity index is 1.08. The molecule has 14 rings (SSSR count). The van der Waals surface area contributed by atoms with Gasteiger partial charge >= 0.3 is 0 Å². The summed E-state index contributed by atoms with van der Waals surface area (Å²) in [6.45, 7) is 0.